The molecule has 0 aromatic carbocycles. The maximum Gasteiger partial charge on any atom is 0.195 e. The fourth-order valence-electron chi connectivity index (χ4n) is 1.84. The third kappa shape index (κ3) is 5.40. The summed E-state index contributed by atoms with van der Waals surface area (Å²) in [6.45, 7) is 0.673. The summed E-state index contributed by atoms with van der Waals surface area (Å²) in [5.41, 5.74) is 0. The fraction of sp³-hybridized carbons (Fsp3) is 0.615. The number of halogens is 1. The number of aliphatic imine (C=N–C) groups is 1. The van der Waals surface area contributed by atoms with E-state index in [0.717, 1.165) is 11.7 Å². The maximum atomic E-state index is 5.47. The molecule has 0 radical (unpaired) electrons. The molecule has 0 saturated heterocycles. The first-order chi connectivity index (χ1) is 8.43. The average molecular weight is 380 g/mol. The molecule has 0 saturated carbocycles. The molecule has 0 bridgehead atoms. The Balaban J connectivity index is 0.00000324. The Morgan fingerprint density at radius 2 is 1.74 bits per heavy atom. The summed E-state index contributed by atoms with van der Waals surface area (Å²) in [6, 6.07) is 4.06. The highest BCUT2D eigenvalue weighted by atomic mass is 127. The lowest BCUT2D eigenvalue weighted by Crippen LogP contribution is -2.36. The summed E-state index contributed by atoms with van der Waals surface area (Å²) >= 11 is 0. The zero-order valence-electron chi connectivity index (χ0n) is 12.6. The Hall–Kier alpha value is -0.760. The van der Waals surface area contributed by atoms with E-state index >= 15 is 0 Å². The molecule has 0 N–H and O–H groups in total. The number of rotatable bonds is 4. The van der Waals surface area contributed by atoms with Gasteiger partial charge in [0, 0.05) is 28.2 Å². The highest BCUT2D eigenvalue weighted by molar-refractivity contribution is 14.0. The van der Waals surface area contributed by atoms with Crippen LogP contribution in [0.5, 0.6) is 0 Å². The summed E-state index contributed by atoms with van der Waals surface area (Å²) in [4.78, 5) is 10.8. The molecule has 0 aliphatic rings. The Morgan fingerprint density at radius 3 is 2.11 bits per heavy atom. The van der Waals surface area contributed by atoms with Gasteiger partial charge in [-0.3, -0.25) is 9.89 Å². The number of guanidine groups is 1. The summed E-state index contributed by atoms with van der Waals surface area (Å²) < 4.78 is 5.47. The predicted octanol–water partition coefficient (Wildman–Crippen LogP) is 1.98. The van der Waals surface area contributed by atoms with E-state index in [1.54, 1.807) is 6.26 Å². The van der Waals surface area contributed by atoms with Gasteiger partial charge in [-0.15, -0.1) is 24.0 Å². The van der Waals surface area contributed by atoms with Gasteiger partial charge in [0.2, 0.25) is 0 Å². The molecule has 1 unspecified atom stereocenters. The summed E-state index contributed by atoms with van der Waals surface area (Å²) in [5, 5.41) is 0. The fourth-order valence-corrected chi connectivity index (χ4v) is 1.84. The van der Waals surface area contributed by atoms with Gasteiger partial charge >= 0.3 is 0 Å². The van der Waals surface area contributed by atoms with Gasteiger partial charge in [0.05, 0.1) is 18.8 Å². The van der Waals surface area contributed by atoms with E-state index in [2.05, 4.69) is 9.89 Å². The molecular weight excluding hydrogens is 355 g/mol. The molecule has 1 rings (SSSR count). The van der Waals surface area contributed by atoms with Crippen molar-refractivity contribution in [1.29, 1.82) is 0 Å². The van der Waals surface area contributed by atoms with Crippen molar-refractivity contribution >= 4 is 29.9 Å². The molecule has 110 valence electrons. The van der Waals surface area contributed by atoms with E-state index in [0.29, 0.717) is 6.54 Å². The predicted molar refractivity (Wildman–Crippen MR) is 90.2 cm³/mol. The number of hydrogen-bond acceptors (Lipinski definition) is 3. The second-order valence-corrected chi connectivity index (χ2v) is 4.92. The van der Waals surface area contributed by atoms with Crippen LogP contribution in [0.3, 0.4) is 0 Å². The van der Waals surface area contributed by atoms with E-state index in [-0.39, 0.29) is 30.0 Å². The highest BCUT2D eigenvalue weighted by Crippen LogP contribution is 2.19. The minimum Gasteiger partial charge on any atom is -0.468 e. The Bertz CT molecular complexity index is 364. The first-order valence-corrected chi connectivity index (χ1v) is 6.02. The Morgan fingerprint density at radius 1 is 1.16 bits per heavy atom. The minimum absolute atomic E-state index is 0. The largest absolute Gasteiger partial charge is 0.468 e. The first-order valence-electron chi connectivity index (χ1n) is 6.02. The van der Waals surface area contributed by atoms with Crippen LogP contribution in [0.25, 0.3) is 0 Å². The molecule has 6 heteroatoms. The van der Waals surface area contributed by atoms with Gasteiger partial charge in [0.15, 0.2) is 5.96 Å². The Labute approximate surface area is 133 Å². The maximum absolute atomic E-state index is 5.47. The molecule has 0 aliphatic heterocycles. The van der Waals surface area contributed by atoms with E-state index in [1.165, 1.54) is 0 Å². The van der Waals surface area contributed by atoms with Crippen LogP contribution in [0.15, 0.2) is 27.8 Å². The van der Waals surface area contributed by atoms with Gasteiger partial charge in [0.25, 0.3) is 0 Å². The quantitative estimate of drug-likeness (QED) is 0.455. The third-order valence-electron chi connectivity index (χ3n) is 2.70. The van der Waals surface area contributed by atoms with E-state index in [4.69, 9.17) is 4.42 Å². The SMILES string of the molecule is CN(C)C(=NCC(c1ccco1)N(C)C)N(C)C.I. The van der Waals surface area contributed by atoms with Crippen molar-refractivity contribution in [3.05, 3.63) is 24.2 Å². The minimum atomic E-state index is 0. The lowest BCUT2D eigenvalue weighted by atomic mass is 10.2. The summed E-state index contributed by atoms with van der Waals surface area (Å²) in [5.74, 6) is 1.90. The van der Waals surface area contributed by atoms with Crippen LogP contribution in [0.2, 0.25) is 0 Å². The van der Waals surface area contributed by atoms with Gasteiger partial charge in [-0.05, 0) is 26.2 Å². The number of furan rings is 1. The van der Waals surface area contributed by atoms with Gasteiger partial charge in [0.1, 0.15) is 5.76 Å². The van der Waals surface area contributed by atoms with Gasteiger partial charge in [-0.1, -0.05) is 0 Å². The number of likely N-dealkylation sites (N-methyl/N-ethyl adjacent to an activating group) is 1. The second-order valence-electron chi connectivity index (χ2n) is 4.92. The Kier molecular flexibility index (Phi) is 8.08. The molecule has 0 fully saturated rings. The molecular formula is C13H25IN4O. The molecule has 1 aromatic rings. The van der Waals surface area contributed by atoms with Crippen LogP contribution in [0.4, 0.5) is 0 Å². The standard InChI is InChI=1S/C13H24N4O.HI/c1-15(2)11(12-8-7-9-18-12)10-14-13(16(3)4)17(5)6;/h7-9,11H,10H2,1-6H3;1H. The van der Waals surface area contributed by atoms with Crippen LogP contribution in [-0.4, -0.2) is 69.5 Å². The smallest absolute Gasteiger partial charge is 0.195 e. The van der Waals surface area contributed by atoms with Crippen LogP contribution < -0.4 is 0 Å². The van der Waals surface area contributed by atoms with Gasteiger partial charge < -0.3 is 14.2 Å². The zero-order valence-corrected chi connectivity index (χ0v) is 15.0. The third-order valence-corrected chi connectivity index (χ3v) is 2.70. The van der Waals surface area contributed by atoms with Crippen molar-refractivity contribution in [3.63, 3.8) is 0 Å². The number of nitrogens with zero attached hydrogens (tertiary/aromatic N) is 4. The molecule has 1 atom stereocenters. The molecule has 0 aliphatic carbocycles. The van der Waals surface area contributed by atoms with Crippen LogP contribution in [0.1, 0.15) is 11.8 Å². The molecule has 1 heterocycles. The lowest BCUT2D eigenvalue weighted by molar-refractivity contribution is 0.263. The summed E-state index contributed by atoms with van der Waals surface area (Å²) in [6.07, 6.45) is 1.70. The summed E-state index contributed by atoms with van der Waals surface area (Å²) in [7, 11) is 12.1. The average Bonchev–Trinajstić information content (AvgIpc) is 2.75. The zero-order chi connectivity index (χ0) is 13.7. The van der Waals surface area contributed by atoms with Gasteiger partial charge in [-0.25, -0.2) is 0 Å². The van der Waals surface area contributed by atoms with Crippen molar-refractivity contribution in [1.82, 2.24) is 14.7 Å². The second kappa shape index (κ2) is 8.42. The lowest BCUT2D eigenvalue weighted by Gasteiger charge is -2.25. The first kappa shape index (κ1) is 18.2. The van der Waals surface area contributed by atoms with Crippen LogP contribution in [0, 0.1) is 0 Å². The highest BCUT2D eigenvalue weighted by Gasteiger charge is 2.17. The number of hydrogen-bond donors (Lipinski definition) is 0. The van der Waals surface area contributed by atoms with E-state index in [9.17, 15) is 0 Å². The van der Waals surface area contributed by atoms with Crippen molar-refractivity contribution < 1.29 is 4.42 Å². The normalized spacial score (nSPS) is 11.7. The van der Waals surface area contributed by atoms with Crippen molar-refractivity contribution in [2.24, 2.45) is 4.99 Å². The molecule has 1 aromatic heterocycles. The van der Waals surface area contributed by atoms with Crippen molar-refractivity contribution in [2.75, 3.05) is 48.8 Å². The van der Waals surface area contributed by atoms with Crippen molar-refractivity contribution in [3.8, 4) is 0 Å². The topological polar surface area (TPSA) is 35.2 Å². The van der Waals surface area contributed by atoms with Crippen LogP contribution in [-0.2, 0) is 0 Å². The van der Waals surface area contributed by atoms with Crippen molar-refractivity contribution in [2.45, 2.75) is 6.04 Å². The monoisotopic (exact) mass is 380 g/mol. The molecule has 0 spiro atoms. The van der Waals surface area contributed by atoms with Crippen LogP contribution >= 0.6 is 24.0 Å². The van der Waals surface area contributed by atoms with Gasteiger partial charge in [-0.2, -0.15) is 0 Å². The molecule has 5 nitrogen and oxygen atoms in total. The molecule has 19 heavy (non-hydrogen) atoms. The molecule has 0 amide bonds. The van der Waals surface area contributed by atoms with E-state index in [1.807, 2.05) is 64.2 Å². The van der Waals surface area contributed by atoms with E-state index < -0.39 is 0 Å².